The van der Waals surface area contributed by atoms with Gasteiger partial charge in [-0.1, -0.05) is 12.1 Å². The number of primary amides is 1. The predicted molar refractivity (Wildman–Crippen MR) is 80.0 cm³/mol. The van der Waals surface area contributed by atoms with Crippen LogP contribution in [0.15, 0.2) is 24.3 Å². The first kappa shape index (κ1) is 18.3. The molecule has 0 aromatic heterocycles. The van der Waals surface area contributed by atoms with Crippen molar-refractivity contribution in [3.05, 3.63) is 35.4 Å². The number of amides is 2. The summed E-state index contributed by atoms with van der Waals surface area (Å²) in [6.07, 6.45) is -3.26. The number of alkyl halides is 3. The van der Waals surface area contributed by atoms with Crippen LogP contribution in [0.1, 0.15) is 28.8 Å². The van der Waals surface area contributed by atoms with Gasteiger partial charge in [-0.25, -0.2) is 0 Å². The average molecular weight is 344 g/mol. The van der Waals surface area contributed by atoms with E-state index in [4.69, 9.17) is 5.73 Å². The molecule has 2 N–H and O–H groups in total. The van der Waals surface area contributed by atoms with E-state index in [9.17, 15) is 22.8 Å². The van der Waals surface area contributed by atoms with Crippen molar-refractivity contribution in [2.75, 3.05) is 19.7 Å². The lowest BCUT2D eigenvalue weighted by molar-refractivity contribution is -0.176. The summed E-state index contributed by atoms with van der Waals surface area (Å²) in [5.74, 6) is -0.701. The Bertz CT molecular complexity index is 579. The van der Waals surface area contributed by atoms with Crippen LogP contribution in [0.5, 0.6) is 0 Å². The van der Waals surface area contributed by atoms with Gasteiger partial charge in [0.15, 0.2) is 0 Å². The number of rotatable bonds is 5. The van der Waals surface area contributed by atoms with Gasteiger partial charge in [0.1, 0.15) is 6.61 Å². The fourth-order valence-corrected chi connectivity index (χ4v) is 2.58. The highest BCUT2D eigenvalue weighted by Crippen LogP contribution is 2.19. The average Bonchev–Trinajstić information content (AvgIpc) is 2.54. The summed E-state index contributed by atoms with van der Waals surface area (Å²) >= 11 is 0. The SMILES string of the molecule is NC(=O)C1CCN(C(=O)c2ccc(COCC(F)(F)F)cc2)CC1. The standard InChI is InChI=1S/C16H19F3N2O3/c17-16(18,19)10-24-9-11-1-3-13(4-2-11)15(23)21-7-5-12(6-8-21)14(20)22/h1-4,12H,5-10H2,(H2,20,22). The number of ether oxygens (including phenoxy) is 1. The van der Waals surface area contributed by atoms with Crippen LogP contribution in [0.4, 0.5) is 13.2 Å². The van der Waals surface area contributed by atoms with Crippen molar-refractivity contribution in [1.82, 2.24) is 4.90 Å². The molecule has 1 aliphatic rings. The third-order valence-electron chi connectivity index (χ3n) is 3.92. The summed E-state index contributed by atoms with van der Waals surface area (Å²) in [4.78, 5) is 25.1. The second-order valence-corrected chi connectivity index (χ2v) is 5.77. The molecule has 1 aromatic carbocycles. The number of hydrogen-bond donors (Lipinski definition) is 1. The Morgan fingerprint density at radius 2 is 1.75 bits per heavy atom. The minimum atomic E-state index is -4.35. The Morgan fingerprint density at radius 1 is 1.17 bits per heavy atom. The summed E-state index contributed by atoms with van der Waals surface area (Å²) in [6, 6.07) is 6.27. The van der Waals surface area contributed by atoms with Crippen LogP contribution in [0.2, 0.25) is 0 Å². The second kappa shape index (κ2) is 7.65. The second-order valence-electron chi connectivity index (χ2n) is 5.77. The van der Waals surface area contributed by atoms with E-state index in [0.717, 1.165) is 0 Å². The number of carbonyl (C=O) groups is 2. The third kappa shape index (κ3) is 5.23. The smallest absolute Gasteiger partial charge is 0.369 e. The maximum absolute atomic E-state index is 12.4. The minimum absolute atomic E-state index is 0.166. The van der Waals surface area contributed by atoms with E-state index in [2.05, 4.69) is 4.74 Å². The first-order valence-electron chi connectivity index (χ1n) is 7.58. The lowest BCUT2D eigenvalue weighted by atomic mass is 9.96. The zero-order chi connectivity index (χ0) is 17.7. The number of nitrogens with zero attached hydrogens (tertiary/aromatic N) is 1. The summed E-state index contributed by atoms with van der Waals surface area (Å²) in [5.41, 5.74) is 6.27. The molecule has 0 bridgehead atoms. The minimum Gasteiger partial charge on any atom is -0.369 e. The van der Waals surface area contributed by atoms with Gasteiger partial charge in [0.05, 0.1) is 6.61 Å². The molecule has 2 amide bonds. The first-order valence-corrected chi connectivity index (χ1v) is 7.58. The van der Waals surface area contributed by atoms with Gasteiger partial charge >= 0.3 is 6.18 Å². The monoisotopic (exact) mass is 344 g/mol. The van der Waals surface area contributed by atoms with Crippen molar-refractivity contribution in [2.45, 2.75) is 25.6 Å². The Hall–Kier alpha value is -2.09. The molecule has 0 radical (unpaired) electrons. The molecule has 132 valence electrons. The van der Waals surface area contributed by atoms with Crippen LogP contribution in [0.25, 0.3) is 0 Å². The van der Waals surface area contributed by atoms with Crippen molar-refractivity contribution >= 4 is 11.8 Å². The fourth-order valence-electron chi connectivity index (χ4n) is 2.58. The maximum atomic E-state index is 12.4. The van der Waals surface area contributed by atoms with E-state index >= 15 is 0 Å². The first-order chi connectivity index (χ1) is 11.3. The molecular formula is C16H19F3N2O3. The number of benzene rings is 1. The Labute approximate surface area is 137 Å². The van der Waals surface area contributed by atoms with Crippen molar-refractivity contribution < 1.29 is 27.5 Å². The highest BCUT2D eigenvalue weighted by molar-refractivity contribution is 5.94. The Kier molecular flexibility index (Phi) is 5.82. The molecule has 2 rings (SSSR count). The summed E-state index contributed by atoms with van der Waals surface area (Å²) in [5, 5.41) is 0. The number of carbonyl (C=O) groups excluding carboxylic acids is 2. The molecule has 1 aliphatic heterocycles. The molecule has 1 fully saturated rings. The Morgan fingerprint density at radius 3 is 2.25 bits per heavy atom. The zero-order valence-corrected chi connectivity index (χ0v) is 13.0. The fraction of sp³-hybridized carbons (Fsp3) is 0.500. The van der Waals surface area contributed by atoms with E-state index in [1.807, 2.05) is 0 Å². The van der Waals surface area contributed by atoms with Gasteiger partial charge < -0.3 is 15.4 Å². The number of likely N-dealkylation sites (tertiary alicyclic amines) is 1. The lowest BCUT2D eigenvalue weighted by Gasteiger charge is -2.30. The lowest BCUT2D eigenvalue weighted by Crippen LogP contribution is -2.41. The van der Waals surface area contributed by atoms with E-state index in [1.165, 1.54) is 0 Å². The molecular weight excluding hydrogens is 325 g/mol. The molecule has 5 nitrogen and oxygen atoms in total. The largest absolute Gasteiger partial charge is 0.411 e. The van der Waals surface area contributed by atoms with E-state index < -0.39 is 12.8 Å². The zero-order valence-electron chi connectivity index (χ0n) is 13.0. The van der Waals surface area contributed by atoms with Gasteiger partial charge in [-0.15, -0.1) is 0 Å². The van der Waals surface area contributed by atoms with Crippen LogP contribution >= 0.6 is 0 Å². The topological polar surface area (TPSA) is 72.6 Å². The van der Waals surface area contributed by atoms with E-state index in [-0.39, 0.29) is 24.3 Å². The molecule has 0 aliphatic carbocycles. The molecule has 1 heterocycles. The molecule has 24 heavy (non-hydrogen) atoms. The van der Waals surface area contributed by atoms with Crippen LogP contribution in [0.3, 0.4) is 0 Å². The molecule has 0 saturated carbocycles. The maximum Gasteiger partial charge on any atom is 0.411 e. The van der Waals surface area contributed by atoms with Crippen molar-refractivity contribution in [3.8, 4) is 0 Å². The van der Waals surface area contributed by atoms with Crippen molar-refractivity contribution in [2.24, 2.45) is 11.7 Å². The highest BCUT2D eigenvalue weighted by atomic mass is 19.4. The summed E-state index contributed by atoms with van der Waals surface area (Å²) in [7, 11) is 0. The van der Waals surface area contributed by atoms with E-state index in [0.29, 0.717) is 37.1 Å². The third-order valence-corrected chi connectivity index (χ3v) is 3.92. The van der Waals surface area contributed by atoms with Gasteiger partial charge in [-0.2, -0.15) is 13.2 Å². The Balaban J connectivity index is 1.86. The summed E-state index contributed by atoms with van der Waals surface area (Å²) < 4.78 is 40.6. The molecule has 0 spiro atoms. The van der Waals surface area contributed by atoms with Gasteiger partial charge in [0.2, 0.25) is 5.91 Å². The summed E-state index contributed by atoms with van der Waals surface area (Å²) in [6.45, 7) is -0.549. The molecule has 1 aromatic rings. The van der Waals surface area contributed by atoms with Gasteiger partial charge in [-0.3, -0.25) is 9.59 Å². The molecule has 1 saturated heterocycles. The molecule has 0 unspecified atom stereocenters. The van der Waals surface area contributed by atoms with Gasteiger partial charge in [0.25, 0.3) is 5.91 Å². The van der Waals surface area contributed by atoms with Crippen LogP contribution in [-0.4, -0.2) is 42.6 Å². The molecule has 8 heteroatoms. The number of halogens is 3. The van der Waals surface area contributed by atoms with Crippen molar-refractivity contribution in [1.29, 1.82) is 0 Å². The number of nitrogens with two attached hydrogens (primary N) is 1. The van der Waals surface area contributed by atoms with Gasteiger partial charge in [-0.05, 0) is 30.5 Å². The van der Waals surface area contributed by atoms with Crippen LogP contribution in [0, 0.1) is 5.92 Å². The quantitative estimate of drug-likeness (QED) is 0.889. The normalized spacial score (nSPS) is 16.2. The highest BCUT2D eigenvalue weighted by Gasteiger charge is 2.28. The number of piperidine rings is 1. The van der Waals surface area contributed by atoms with Crippen LogP contribution < -0.4 is 5.73 Å². The van der Waals surface area contributed by atoms with Crippen molar-refractivity contribution in [3.63, 3.8) is 0 Å². The van der Waals surface area contributed by atoms with E-state index in [1.54, 1.807) is 29.2 Å². The molecule has 0 atom stereocenters. The van der Waals surface area contributed by atoms with Gasteiger partial charge in [0, 0.05) is 24.6 Å². The predicted octanol–water partition coefficient (Wildman–Crippen LogP) is 2.10. The van der Waals surface area contributed by atoms with Crippen LogP contribution in [-0.2, 0) is 16.1 Å². The number of hydrogen-bond acceptors (Lipinski definition) is 3.